The molecule has 1 aliphatic rings. The Morgan fingerprint density at radius 3 is 2.04 bits per heavy atom. The molecule has 0 saturated heterocycles. The number of carbonyl (C=O) groups is 2. The fourth-order valence-corrected chi connectivity index (χ4v) is 3.58. The molecule has 2 N–H and O–H groups in total. The molecule has 1 saturated carbocycles. The standard InChI is InChI=1S/C22H25FN2O2/c1-2-15-5-3-4-6-20(15)25-22(27)17-9-7-16(8-10-17)21(26)24-19-13-11-18(23)12-14-19/h3-6,11-14,16-17H,2,7-10H2,1H3,(H,24,26)(H,25,27). The first-order valence-electron chi connectivity index (χ1n) is 9.52. The van der Waals surface area contributed by atoms with Crippen molar-refractivity contribution in [3.63, 3.8) is 0 Å². The van der Waals surface area contributed by atoms with E-state index in [2.05, 4.69) is 17.6 Å². The third-order valence-corrected chi connectivity index (χ3v) is 5.24. The number of hydrogen-bond donors (Lipinski definition) is 2. The number of carbonyl (C=O) groups excluding carboxylic acids is 2. The molecule has 0 atom stereocenters. The second kappa shape index (κ2) is 8.80. The largest absolute Gasteiger partial charge is 0.326 e. The van der Waals surface area contributed by atoms with Gasteiger partial charge in [-0.15, -0.1) is 0 Å². The van der Waals surface area contributed by atoms with Crippen molar-refractivity contribution in [2.75, 3.05) is 10.6 Å². The average molecular weight is 368 g/mol. The van der Waals surface area contributed by atoms with E-state index in [0.717, 1.165) is 17.7 Å². The van der Waals surface area contributed by atoms with E-state index in [1.165, 1.54) is 12.1 Å². The third-order valence-electron chi connectivity index (χ3n) is 5.24. The van der Waals surface area contributed by atoms with Gasteiger partial charge in [0.1, 0.15) is 5.82 Å². The molecule has 0 heterocycles. The SMILES string of the molecule is CCc1ccccc1NC(=O)C1CCC(C(=O)Nc2ccc(F)cc2)CC1. The van der Waals surface area contributed by atoms with Crippen LogP contribution >= 0.6 is 0 Å². The molecule has 2 aromatic rings. The quantitative estimate of drug-likeness (QED) is 0.798. The molecule has 0 radical (unpaired) electrons. The second-order valence-electron chi connectivity index (χ2n) is 7.04. The molecule has 2 amide bonds. The van der Waals surface area contributed by atoms with E-state index in [1.807, 2.05) is 24.3 Å². The van der Waals surface area contributed by atoms with Crippen molar-refractivity contribution in [3.8, 4) is 0 Å². The van der Waals surface area contributed by atoms with Gasteiger partial charge in [0.05, 0.1) is 0 Å². The molecule has 0 bridgehead atoms. The first kappa shape index (κ1) is 19.1. The summed E-state index contributed by atoms with van der Waals surface area (Å²) in [5.41, 5.74) is 2.59. The molecule has 1 aliphatic carbocycles. The number of rotatable bonds is 5. The lowest BCUT2D eigenvalue weighted by molar-refractivity contribution is -0.125. The van der Waals surface area contributed by atoms with Gasteiger partial charge in [-0.2, -0.15) is 0 Å². The van der Waals surface area contributed by atoms with Crippen LogP contribution in [0.3, 0.4) is 0 Å². The Bertz CT molecular complexity index is 796. The van der Waals surface area contributed by atoms with Crippen molar-refractivity contribution in [2.45, 2.75) is 39.0 Å². The van der Waals surface area contributed by atoms with Crippen molar-refractivity contribution in [1.82, 2.24) is 0 Å². The van der Waals surface area contributed by atoms with E-state index in [-0.39, 0.29) is 29.5 Å². The minimum Gasteiger partial charge on any atom is -0.326 e. The van der Waals surface area contributed by atoms with Crippen LogP contribution in [-0.2, 0) is 16.0 Å². The van der Waals surface area contributed by atoms with E-state index in [0.29, 0.717) is 31.4 Å². The summed E-state index contributed by atoms with van der Waals surface area (Å²) in [5.74, 6) is -0.527. The number of para-hydroxylation sites is 1. The van der Waals surface area contributed by atoms with Gasteiger partial charge in [0.15, 0.2) is 0 Å². The van der Waals surface area contributed by atoms with Gasteiger partial charge >= 0.3 is 0 Å². The van der Waals surface area contributed by atoms with Crippen molar-refractivity contribution in [1.29, 1.82) is 0 Å². The van der Waals surface area contributed by atoms with Gasteiger partial charge in [0, 0.05) is 23.2 Å². The van der Waals surface area contributed by atoms with Gasteiger partial charge in [0.2, 0.25) is 11.8 Å². The van der Waals surface area contributed by atoms with Crippen LogP contribution in [0.2, 0.25) is 0 Å². The average Bonchev–Trinajstić information content (AvgIpc) is 2.70. The Hall–Kier alpha value is -2.69. The third kappa shape index (κ3) is 4.94. The first-order chi connectivity index (χ1) is 13.1. The van der Waals surface area contributed by atoms with E-state index in [1.54, 1.807) is 12.1 Å². The molecule has 5 heteroatoms. The Labute approximate surface area is 159 Å². The zero-order valence-corrected chi connectivity index (χ0v) is 15.5. The summed E-state index contributed by atoms with van der Waals surface area (Å²) < 4.78 is 13.0. The number of amides is 2. The summed E-state index contributed by atoms with van der Waals surface area (Å²) in [6.45, 7) is 2.07. The lowest BCUT2D eigenvalue weighted by Crippen LogP contribution is -2.32. The smallest absolute Gasteiger partial charge is 0.227 e. The van der Waals surface area contributed by atoms with E-state index in [4.69, 9.17) is 0 Å². The summed E-state index contributed by atoms with van der Waals surface area (Å²) >= 11 is 0. The van der Waals surface area contributed by atoms with Gasteiger partial charge < -0.3 is 10.6 Å². The molecule has 0 aromatic heterocycles. The summed E-state index contributed by atoms with van der Waals surface area (Å²) in [6, 6.07) is 13.6. The van der Waals surface area contributed by atoms with Gasteiger partial charge in [-0.1, -0.05) is 25.1 Å². The highest BCUT2D eigenvalue weighted by Crippen LogP contribution is 2.31. The summed E-state index contributed by atoms with van der Waals surface area (Å²) in [4.78, 5) is 25.0. The highest BCUT2D eigenvalue weighted by atomic mass is 19.1. The first-order valence-corrected chi connectivity index (χ1v) is 9.52. The highest BCUT2D eigenvalue weighted by molar-refractivity contribution is 5.94. The molecule has 0 spiro atoms. The number of nitrogens with one attached hydrogen (secondary N) is 2. The molecule has 2 aromatic carbocycles. The van der Waals surface area contributed by atoms with Crippen LogP contribution in [0.4, 0.5) is 15.8 Å². The lowest BCUT2D eigenvalue weighted by Gasteiger charge is -2.27. The molecule has 3 rings (SSSR count). The van der Waals surface area contributed by atoms with Crippen LogP contribution < -0.4 is 10.6 Å². The zero-order chi connectivity index (χ0) is 19.2. The second-order valence-corrected chi connectivity index (χ2v) is 7.04. The van der Waals surface area contributed by atoms with Gasteiger partial charge in [-0.3, -0.25) is 9.59 Å². The number of halogens is 1. The minimum absolute atomic E-state index is 0.0355. The Balaban J connectivity index is 1.51. The maximum absolute atomic E-state index is 13.0. The molecule has 27 heavy (non-hydrogen) atoms. The predicted octanol–water partition coefficient (Wildman–Crippen LogP) is 4.77. The van der Waals surface area contributed by atoms with E-state index in [9.17, 15) is 14.0 Å². The molecule has 0 unspecified atom stereocenters. The fourth-order valence-electron chi connectivity index (χ4n) is 3.58. The van der Waals surface area contributed by atoms with Crippen molar-refractivity contribution in [2.24, 2.45) is 11.8 Å². The summed E-state index contributed by atoms with van der Waals surface area (Å²) in [5, 5.41) is 5.88. The topological polar surface area (TPSA) is 58.2 Å². The van der Waals surface area contributed by atoms with Crippen LogP contribution in [0.25, 0.3) is 0 Å². The normalized spacial score (nSPS) is 19.3. The molecule has 0 aliphatic heterocycles. The van der Waals surface area contributed by atoms with Crippen LogP contribution in [-0.4, -0.2) is 11.8 Å². The van der Waals surface area contributed by atoms with Crippen LogP contribution in [0.15, 0.2) is 48.5 Å². The highest BCUT2D eigenvalue weighted by Gasteiger charge is 2.30. The zero-order valence-electron chi connectivity index (χ0n) is 15.5. The summed E-state index contributed by atoms with van der Waals surface area (Å²) in [6.07, 6.45) is 3.62. The van der Waals surface area contributed by atoms with E-state index < -0.39 is 0 Å². The Kier molecular flexibility index (Phi) is 6.22. The van der Waals surface area contributed by atoms with Gasteiger partial charge in [-0.05, 0) is 68.0 Å². The monoisotopic (exact) mass is 368 g/mol. The molecule has 142 valence electrons. The number of hydrogen-bond acceptors (Lipinski definition) is 2. The lowest BCUT2D eigenvalue weighted by atomic mass is 9.81. The van der Waals surface area contributed by atoms with E-state index >= 15 is 0 Å². The van der Waals surface area contributed by atoms with Crippen LogP contribution in [0, 0.1) is 17.7 Å². The molecule has 4 nitrogen and oxygen atoms in total. The van der Waals surface area contributed by atoms with Crippen molar-refractivity contribution in [3.05, 3.63) is 59.9 Å². The number of anilines is 2. The van der Waals surface area contributed by atoms with Crippen LogP contribution in [0.5, 0.6) is 0 Å². The van der Waals surface area contributed by atoms with Gasteiger partial charge in [0.25, 0.3) is 0 Å². The Morgan fingerprint density at radius 2 is 1.44 bits per heavy atom. The maximum Gasteiger partial charge on any atom is 0.227 e. The van der Waals surface area contributed by atoms with Crippen molar-refractivity contribution < 1.29 is 14.0 Å². The minimum atomic E-state index is -0.329. The molecule has 1 fully saturated rings. The van der Waals surface area contributed by atoms with Gasteiger partial charge in [-0.25, -0.2) is 4.39 Å². The number of aryl methyl sites for hydroxylation is 1. The summed E-state index contributed by atoms with van der Waals surface area (Å²) in [7, 11) is 0. The number of benzene rings is 2. The molecular formula is C22H25FN2O2. The maximum atomic E-state index is 13.0. The van der Waals surface area contributed by atoms with Crippen molar-refractivity contribution >= 4 is 23.2 Å². The van der Waals surface area contributed by atoms with Crippen LogP contribution in [0.1, 0.15) is 38.2 Å². The predicted molar refractivity (Wildman–Crippen MR) is 105 cm³/mol. The molecular weight excluding hydrogens is 343 g/mol. The fraction of sp³-hybridized carbons (Fsp3) is 0.364. The Morgan fingerprint density at radius 1 is 0.889 bits per heavy atom.